The number of fused-ring (bicyclic) bond motifs is 1. The van der Waals surface area contributed by atoms with E-state index < -0.39 is 0 Å². The van der Waals surface area contributed by atoms with Crippen LogP contribution in [0.2, 0.25) is 0 Å². The average Bonchev–Trinajstić information content (AvgIpc) is 2.86. The molecule has 0 unspecified atom stereocenters. The van der Waals surface area contributed by atoms with Crippen LogP contribution in [0.3, 0.4) is 0 Å². The number of nitrogens with zero attached hydrogens (tertiary/aromatic N) is 1. The molecule has 0 saturated heterocycles. The van der Waals surface area contributed by atoms with Crippen LogP contribution in [0, 0.1) is 0 Å². The second-order valence-electron chi connectivity index (χ2n) is 4.90. The molecule has 84 valence electrons. The van der Waals surface area contributed by atoms with E-state index in [2.05, 4.69) is 16.8 Å². The zero-order valence-electron chi connectivity index (χ0n) is 9.24. The Morgan fingerprint density at radius 1 is 1.07 bits per heavy atom. The van der Waals surface area contributed by atoms with Crippen molar-refractivity contribution in [3.8, 4) is 0 Å². The van der Waals surface area contributed by atoms with E-state index in [1.54, 1.807) is 11.3 Å². The average molecular weight is 226 g/mol. The highest BCUT2D eigenvalue weighted by Gasteiger charge is 2.20. The summed E-state index contributed by atoms with van der Waals surface area (Å²) >= 11 is 0. The zero-order chi connectivity index (χ0) is 9.38. The van der Waals surface area contributed by atoms with Gasteiger partial charge in [-0.25, -0.2) is 0 Å². The number of hydrogen-bond donors (Lipinski definition) is 0. The molecule has 1 aliphatic heterocycles. The molecule has 0 bridgehead atoms. The molecule has 1 aromatic heterocycles. The van der Waals surface area contributed by atoms with Gasteiger partial charge in [0, 0.05) is 18.4 Å². The summed E-state index contributed by atoms with van der Waals surface area (Å²) in [5.41, 5.74) is 3.23. The topological polar surface area (TPSA) is 4.93 Å². The Bertz CT molecular complexity index is 300. The highest BCUT2D eigenvalue weighted by atomic mass is 35.5. The first kappa shape index (κ1) is 11.1. The largest absolute Gasteiger partial charge is 0.351 e. The molecule has 1 aromatic rings. The number of aromatic nitrogens is 1. The summed E-state index contributed by atoms with van der Waals surface area (Å²) in [4.78, 5) is 0. The number of hydrogen-bond acceptors (Lipinski definition) is 0. The van der Waals surface area contributed by atoms with Crippen molar-refractivity contribution < 1.29 is 0 Å². The third-order valence-corrected chi connectivity index (χ3v) is 3.92. The summed E-state index contributed by atoms with van der Waals surface area (Å²) in [7, 11) is 0. The Balaban J connectivity index is 0.000000853. The van der Waals surface area contributed by atoms with Crippen molar-refractivity contribution in [2.75, 3.05) is 0 Å². The summed E-state index contributed by atoms with van der Waals surface area (Å²) in [6.45, 7) is 1.27. The molecule has 2 aliphatic rings. The lowest BCUT2D eigenvalue weighted by Gasteiger charge is -2.13. The van der Waals surface area contributed by atoms with Crippen LogP contribution in [0.15, 0.2) is 12.3 Å². The fourth-order valence-electron chi connectivity index (χ4n) is 3.07. The second-order valence-corrected chi connectivity index (χ2v) is 4.90. The lowest BCUT2D eigenvalue weighted by atomic mass is 10.0. The van der Waals surface area contributed by atoms with Crippen LogP contribution in [0.25, 0.3) is 0 Å². The van der Waals surface area contributed by atoms with Crippen molar-refractivity contribution in [2.24, 2.45) is 0 Å². The first-order chi connectivity index (χ1) is 6.93. The number of aryl methyl sites for hydroxylation is 2. The monoisotopic (exact) mass is 225 g/mol. The van der Waals surface area contributed by atoms with Crippen molar-refractivity contribution >= 4 is 12.4 Å². The van der Waals surface area contributed by atoms with Gasteiger partial charge >= 0.3 is 0 Å². The highest BCUT2D eigenvalue weighted by molar-refractivity contribution is 5.85. The Labute approximate surface area is 98.3 Å². The molecular weight excluding hydrogens is 206 g/mol. The molecule has 15 heavy (non-hydrogen) atoms. The van der Waals surface area contributed by atoms with Crippen molar-refractivity contribution in [1.82, 2.24) is 4.57 Å². The van der Waals surface area contributed by atoms with Crippen LogP contribution < -0.4 is 0 Å². The van der Waals surface area contributed by atoms with Crippen LogP contribution in [0.4, 0.5) is 0 Å². The highest BCUT2D eigenvalue weighted by Crippen LogP contribution is 2.35. The molecule has 1 fully saturated rings. The maximum atomic E-state index is 2.50. The van der Waals surface area contributed by atoms with E-state index in [1.165, 1.54) is 51.5 Å². The molecule has 2 heteroatoms. The maximum Gasteiger partial charge on any atom is 0.0222 e. The normalized spacial score (nSPS) is 21.1. The smallest absolute Gasteiger partial charge is 0.0222 e. The van der Waals surface area contributed by atoms with Crippen LogP contribution in [-0.2, 0) is 13.0 Å². The minimum absolute atomic E-state index is 0. The van der Waals surface area contributed by atoms with E-state index >= 15 is 0 Å². The molecular formula is C13H20ClN. The van der Waals surface area contributed by atoms with Crippen molar-refractivity contribution in [1.29, 1.82) is 0 Å². The van der Waals surface area contributed by atoms with Gasteiger partial charge in [0.25, 0.3) is 0 Å². The number of halogens is 1. The van der Waals surface area contributed by atoms with Gasteiger partial charge in [-0.15, -0.1) is 12.4 Å². The van der Waals surface area contributed by atoms with Gasteiger partial charge < -0.3 is 4.57 Å². The van der Waals surface area contributed by atoms with E-state index in [0.29, 0.717) is 0 Å². The molecule has 0 amide bonds. The van der Waals surface area contributed by atoms with Gasteiger partial charge in [-0.1, -0.05) is 12.8 Å². The lowest BCUT2D eigenvalue weighted by Crippen LogP contribution is -2.07. The Kier molecular flexibility index (Phi) is 3.40. The van der Waals surface area contributed by atoms with Gasteiger partial charge in [0.05, 0.1) is 0 Å². The summed E-state index contributed by atoms with van der Waals surface area (Å²) in [5.74, 6) is 0.896. The van der Waals surface area contributed by atoms with Gasteiger partial charge in [0.1, 0.15) is 0 Å². The SMILES string of the molecule is Cl.c1c(C2CCCC2)cn2c1CCCC2. The van der Waals surface area contributed by atoms with Crippen LogP contribution in [-0.4, -0.2) is 4.57 Å². The molecule has 0 radical (unpaired) electrons. The van der Waals surface area contributed by atoms with Crippen molar-refractivity contribution in [3.63, 3.8) is 0 Å². The minimum atomic E-state index is 0. The summed E-state index contributed by atoms with van der Waals surface area (Å²) in [5, 5.41) is 0. The summed E-state index contributed by atoms with van der Waals surface area (Å²) in [6.07, 6.45) is 12.3. The third kappa shape index (κ3) is 2.08. The molecule has 0 atom stereocenters. The fraction of sp³-hybridized carbons (Fsp3) is 0.692. The lowest BCUT2D eigenvalue weighted by molar-refractivity contribution is 0.532. The Hall–Kier alpha value is -0.430. The van der Waals surface area contributed by atoms with Crippen LogP contribution in [0.1, 0.15) is 55.7 Å². The van der Waals surface area contributed by atoms with Gasteiger partial charge in [-0.05, 0) is 49.7 Å². The molecule has 1 saturated carbocycles. The summed E-state index contributed by atoms with van der Waals surface area (Å²) in [6, 6.07) is 2.48. The van der Waals surface area contributed by atoms with Crippen molar-refractivity contribution in [3.05, 3.63) is 23.5 Å². The molecule has 0 spiro atoms. The van der Waals surface area contributed by atoms with E-state index in [0.717, 1.165) is 5.92 Å². The number of rotatable bonds is 1. The first-order valence-corrected chi connectivity index (χ1v) is 6.12. The van der Waals surface area contributed by atoms with Crippen molar-refractivity contribution in [2.45, 2.75) is 57.4 Å². The predicted octanol–water partition coefficient (Wildman–Crippen LogP) is 3.90. The molecule has 0 aromatic carbocycles. The standard InChI is InChI=1S/C13H19N.ClH/c1-2-6-11(5-1)12-9-13-7-3-4-8-14(13)10-12;/h9-11H,1-8H2;1H. The van der Waals surface area contributed by atoms with E-state index in [9.17, 15) is 0 Å². The molecule has 3 rings (SSSR count). The van der Waals surface area contributed by atoms with E-state index in [4.69, 9.17) is 0 Å². The minimum Gasteiger partial charge on any atom is -0.351 e. The molecule has 1 aliphatic carbocycles. The van der Waals surface area contributed by atoms with Gasteiger partial charge in [0.2, 0.25) is 0 Å². The van der Waals surface area contributed by atoms with E-state index in [1.807, 2.05) is 0 Å². The van der Waals surface area contributed by atoms with E-state index in [-0.39, 0.29) is 12.4 Å². The maximum absolute atomic E-state index is 2.50. The zero-order valence-corrected chi connectivity index (χ0v) is 10.1. The Morgan fingerprint density at radius 2 is 1.87 bits per heavy atom. The second kappa shape index (κ2) is 4.61. The first-order valence-electron chi connectivity index (χ1n) is 6.12. The van der Waals surface area contributed by atoms with Gasteiger partial charge in [-0.2, -0.15) is 0 Å². The summed E-state index contributed by atoms with van der Waals surface area (Å²) < 4.78 is 2.50. The predicted molar refractivity (Wildman–Crippen MR) is 65.8 cm³/mol. The van der Waals surface area contributed by atoms with Crippen LogP contribution >= 0.6 is 12.4 Å². The van der Waals surface area contributed by atoms with Gasteiger partial charge in [-0.3, -0.25) is 0 Å². The molecule has 0 N–H and O–H groups in total. The van der Waals surface area contributed by atoms with Gasteiger partial charge in [0.15, 0.2) is 0 Å². The third-order valence-electron chi connectivity index (χ3n) is 3.92. The molecule has 1 nitrogen and oxygen atoms in total. The van der Waals surface area contributed by atoms with Crippen LogP contribution in [0.5, 0.6) is 0 Å². The molecule has 2 heterocycles. The Morgan fingerprint density at radius 3 is 2.60 bits per heavy atom. The quantitative estimate of drug-likeness (QED) is 0.683. The fourth-order valence-corrected chi connectivity index (χ4v) is 3.07.